The van der Waals surface area contributed by atoms with Crippen LogP contribution in [0.15, 0.2) is 0 Å². The Morgan fingerprint density at radius 1 is 0.786 bits per heavy atom. The molecule has 0 radical (unpaired) electrons. The molecular weight excluding hydrogens is 178 g/mol. The molecule has 0 aromatic carbocycles. The normalized spacial score (nSPS) is 9.43. The van der Waals surface area contributed by atoms with Crippen molar-refractivity contribution in [2.24, 2.45) is 17.6 Å². The van der Waals surface area contributed by atoms with E-state index in [0.29, 0.717) is 0 Å². The average Bonchev–Trinajstić information content (AvgIpc) is 2.25. The van der Waals surface area contributed by atoms with Crippen LogP contribution in [0, 0.1) is 0 Å². The van der Waals surface area contributed by atoms with Crippen molar-refractivity contribution >= 4 is 0 Å². The first-order valence-electron chi connectivity index (χ1n) is 5.56. The van der Waals surface area contributed by atoms with E-state index in [4.69, 9.17) is 5.90 Å². The molecule has 0 aliphatic carbocycles. The largest absolute Gasteiger partial charge is 0.305 e. The van der Waals surface area contributed by atoms with Gasteiger partial charge in [0.05, 0.1) is 6.61 Å². The molecule has 14 heavy (non-hydrogen) atoms. The third-order valence-corrected chi connectivity index (χ3v) is 2.12. The van der Waals surface area contributed by atoms with Crippen molar-refractivity contribution in [3.8, 4) is 0 Å². The molecule has 0 saturated heterocycles. The highest BCUT2D eigenvalue weighted by Crippen LogP contribution is 2.07. The number of unbranched alkanes of at least 4 members (excludes halogenated alkanes) is 7. The standard InChI is InChI=1S/C10H23NO.H4N2/c1-2-3-4-5-6-7-8-9-10-12-11;1-2/h2-11H2,1H3;1-2H2. The van der Waals surface area contributed by atoms with Gasteiger partial charge in [-0.2, -0.15) is 0 Å². The summed E-state index contributed by atoms with van der Waals surface area (Å²) in [5.74, 6) is 12.9. The molecule has 0 unspecified atom stereocenters. The third kappa shape index (κ3) is 17.8. The van der Waals surface area contributed by atoms with Crippen molar-refractivity contribution in [2.75, 3.05) is 6.61 Å². The summed E-state index contributed by atoms with van der Waals surface area (Å²) < 4.78 is 0. The highest BCUT2D eigenvalue weighted by Gasteiger charge is 1.90. The van der Waals surface area contributed by atoms with Gasteiger partial charge in [-0.15, -0.1) is 0 Å². The second kappa shape index (κ2) is 18.6. The molecule has 0 aromatic rings. The summed E-state index contributed by atoms with van der Waals surface area (Å²) in [6.45, 7) is 2.97. The van der Waals surface area contributed by atoms with E-state index in [9.17, 15) is 0 Å². The second-order valence-electron chi connectivity index (χ2n) is 3.35. The Morgan fingerprint density at radius 2 is 1.21 bits per heavy atom. The molecular formula is C10H27N3O. The summed E-state index contributed by atoms with van der Waals surface area (Å²) in [4.78, 5) is 4.49. The lowest BCUT2D eigenvalue weighted by Gasteiger charge is -2.00. The molecule has 0 fully saturated rings. The topological polar surface area (TPSA) is 87.3 Å². The molecule has 6 N–H and O–H groups in total. The van der Waals surface area contributed by atoms with Gasteiger partial charge in [0.1, 0.15) is 0 Å². The van der Waals surface area contributed by atoms with Gasteiger partial charge >= 0.3 is 0 Å². The van der Waals surface area contributed by atoms with Gasteiger partial charge in [0.25, 0.3) is 0 Å². The number of rotatable bonds is 9. The van der Waals surface area contributed by atoms with E-state index < -0.39 is 0 Å². The maximum atomic E-state index is 4.91. The van der Waals surface area contributed by atoms with Crippen molar-refractivity contribution in [3.63, 3.8) is 0 Å². The molecule has 0 spiro atoms. The second-order valence-corrected chi connectivity index (χ2v) is 3.35. The smallest absolute Gasteiger partial charge is 0.0679 e. The number of hydrazine groups is 1. The highest BCUT2D eigenvalue weighted by atomic mass is 16.6. The van der Waals surface area contributed by atoms with Gasteiger partial charge in [0.2, 0.25) is 0 Å². The quantitative estimate of drug-likeness (QED) is 0.304. The lowest BCUT2D eigenvalue weighted by molar-refractivity contribution is 0.133. The molecule has 0 rings (SSSR count). The van der Waals surface area contributed by atoms with E-state index >= 15 is 0 Å². The molecule has 0 aliphatic rings. The minimum Gasteiger partial charge on any atom is -0.305 e. The summed E-state index contributed by atoms with van der Waals surface area (Å²) in [5.41, 5.74) is 0. The van der Waals surface area contributed by atoms with Gasteiger partial charge in [-0.1, -0.05) is 51.9 Å². The number of nitrogens with two attached hydrogens (primary N) is 3. The first-order chi connectivity index (χ1) is 6.91. The monoisotopic (exact) mass is 205 g/mol. The molecule has 0 bridgehead atoms. The molecule has 0 saturated carbocycles. The van der Waals surface area contributed by atoms with Gasteiger partial charge in [0, 0.05) is 0 Å². The van der Waals surface area contributed by atoms with Crippen LogP contribution in [0.2, 0.25) is 0 Å². The Hall–Kier alpha value is -0.160. The fourth-order valence-electron chi connectivity index (χ4n) is 1.32. The van der Waals surface area contributed by atoms with E-state index in [0.717, 1.165) is 13.0 Å². The summed E-state index contributed by atoms with van der Waals surface area (Å²) >= 11 is 0. The van der Waals surface area contributed by atoms with Crippen molar-refractivity contribution in [2.45, 2.75) is 58.3 Å². The fourth-order valence-corrected chi connectivity index (χ4v) is 1.32. The maximum absolute atomic E-state index is 4.91. The molecule has 4 nitrogen and oxygen atoms in total. The van der Waals surface area contributed by atoms with Crippen LogP contribution in [-0.2, 0) is 4.84 Å². The molecule has 0 heterocycles. The van der Waals surface area contributed by atoms with Crippen LogP contribution < -0.4 is 17.6 Å². The Morgan fingerprint density at radius 3 is 1.64 bits per heavy atom. The minimum atomic E-state index is 0.717. The predicted octanol–water partition coefficient (Wildman–Crippen LogP) is 1.84. The first kappa shape index (κ1) is 16.3. The Kier molecular flexibility index (Phi) is 21.6. The zero-order valence-corrected chi connectivity index (χ0v) is 9.50. The Labute approximate surface area is 88.1 Å². The van der Waals surface area contributed by atoms with E-state index in [-0.39, 0.29) is 0 Å². The van der Waals surface area contributed by atoms with E-state index in [1.165, 1.54) is 44.9 Å². The zero-order valence-electron chi connectivity index (χ0n) is 9.50. The Balaban J connectivity index is 0. The summed E-state index contributed by atoms with van der Waals surface area (Å²) in [6, 6.07) is 0. The molecule has 88 valence electrons. The number of hydrogen-bond donors (Lipinski definition) is 3. The van der Waals surface area contributed by atoms with Crippen molar-refractivity contribution in [1.29, 1.82) is 0 Å². The molecule has 4 heteroatoms. The van der Waals surface area contributed by atoms with Crippen LogP contribution in [0.1, 0.15) is 58.3 Å². The third-order valence-electron chi connectivity index (χ3n) is 2.12. The van der Waals surface area contributed by atoms with Gasteiger partial charge in [-0.05, 0) is 6.42 Å². The van der Waals surface area contributed by atoms with Crippen LogP contribution >= 0.6 is 0 Å². The summed E-state index contributed by atoms with van der Waals surface area (Å²) in [6.07, 6.45) is 10.6. The lowest BCUT2D eigenvalue weighted by atomic mass is 10.1. The van der Waals surface area contributed by atoms with E-state index in [1.54, 1.807) is 0 Å². The van der Waals surface area contributed by atoms with Gasteiger partial charge < -0.3 is 4.84 Å². The molecule has 0 aliphatic heterocycles. The molecule has 0 amide bonds. The van der Waals surface area contributed by atoms with Gasteiger partial charge in [-0.3, -0.25) is 11.7 Å². The molecule has 0 aromatic heterocycles. The van der Waals surface area contributed by atoms with Crippen LogP contribution in [0.25, 0.3) is 0 Å². The van der Waals surface area contributed by atoms with Crippen molar-refractivity contribution in [3.05, 3.63) is 0 Å². The predicted molar refractivity (Wildman–Crippen MR) is 61.1 cm³/mol. The van der Waals surface area contributed by atoms with Crippen molar-refractivity contribution in [1.82, 2.24) is 0 Å². The SMILES string of the molecule is CCCCCCCCCCON.NN. The van der Waals surface area contributed by atoms with E-state index in [1.807, 2.05) is 0 Å². The minimum absolute atomic E-state index is 0.717. The van der Waals surface area contributed by atoms with Crippen LogP contribution in [0.5, 0.6) is 0 Å². The Bertz CT molecular complexity index is 71.8. The molecule has 0 atom stereocenters. The van der Waals surface area contributed by atoms with E-state index in [2.05, 4.69) is 23.4 Å². The van der Waals surface area contributed by atoms with Crippen LogP contribution in [0.3, 0.4) is 0 Å². The first-order valence-corrected chi connectivity index (χ1v) is 5.56. The fraction of sp³-hybridized carbons (Fsp3) is 1.00. The maximum Gasteiger partial charge on any atom is 0.0679 e. The van der Waals surface area contributed by atoms with Crippen LogP contribution in [0.4, 0.5) is 0 Å². The average molecular weight is 205 g/mol. The van der Waals surface area contributed by atoms with Gasteiger partial charge in [-0.25, -0.2) is 5.90 Å². The highest BCUT2D eigenvalue weighted by molar-refractivity contribution is 4.45. The van der Waals surface area contributed by atoms with Crippen molar-refractivity contribution < 1.29 is 4.84 Å². The zero-order chi connectivity index (χ0) is 11.1. The summed E-state index contributed by atoms with van der Waals surface area (Å²) in [5, 5.41) is 0. The summed E-state index contributed by atoms with van der Waals surface area (Å²) in [7, 11) is 0. The van der Waals surface area contributed by atoms with Crippen LogP contribution in [-0.4, -0.2) is 6.61 Å². The lowest BCUT2D eigenvalue weighted by Crippen LogP contribution is -2.02. The number of hydrogen-bond acceptors (Lipinski definition) is 4. The van der Waals surface area contributed by atoms with Gasteiger partial charge in [0.15, 0.2) is 0 Å².